The van der Waals surface area contributed by atoms with Gasteiger partial charge in [-0.05, 0) is 29.3 Å². The van der Waals surface area contributed by atoms with Gasteiger partial charge in [0, 0.05) is 0 Å². The van der Waals surface area contributed by atoms with Crippen LogP contribution in [0.25, 0.3) is 10.8 Å². The Hall–Kier alpha value is -2.20. The van der Waals surface area contributed by atoms with Gasteiger partial charge < -0.3 is 9.73 Å². The van der Waals surface area contributed by atoms with Gasteiger partial charge in [0.2, 0.25) is 11.8 Å². The maximum atomic E-state index is 5.66. The molecular weight excluding hydrogens is 262 g/mol. The monoisotopic (exact) mass is 281 g/mol. The fourth-order valence-electron chi connectivity index (χ4n) is 2.33. The van der Waals surface area contributed by atoms with Crippen molar-refractivity contribution >= 4 is 10.8 Å². The molecule has 3 aromatic rings. The largest absolute Gasteiger partial charge is 0.424 e. The third-order valence-electron chi connectivity index (χ3n) is 3.38. The molecule has 2 aromatic carbocycles. The van der Waals surface area contributed by atoms with Gasteiger partial charge in [-0.3, -0.25) is 0 Å². The lowest BCUT2D eigenvalue weighted by Gasteiger charge is -2.01. The molecule has 0 amide bonds. The zero-order valence-electron chi connectivity index (χ0n) is 12.2. The Morgan fingerprint density at radius 1 is 1.00 bits per heavy atom. The molecule has 108 valence electrons. The smallest absolute Gasteiger partial charge is 0.230 e. The summed E-state index contributed by atoms with van der Waals surface area (Å²) in [6.45, 7) is 3.73. The van der Waals surface area contributed by atoms with Crippen molar-refractivity contribution < 1.29 is 4.42 Å². The molecule has 0 aliphatic rings. The minimum atomic E-state index is 0.637. The minimum Gasteiger partial charge on any atom is -0.424 e. The molecule has 4 heteroatoms. The molecule has 1 aromatic heterocycles. The number of benzene rings is 2. The van der Waals surface area contributed by atoms with Crippen molar-refractivity contribution in [3.63, 3.8) is 0 Å². The zero-order valence-corrected chi connectivity index (χ0v) is 12.2. The SMILES string of the molecule is CCCNCc1nnc(Cc2ccc3ccccc3c2)o1. The second-order valence-electron chi connectivity index (χ2n) is 5.12. The van der Waals surface area contributed by atoms with Crippen molar-refractivity contribution in [1.29, 1.82) is 0 Å². The minimum absolute atomic E-state index is 0.637. The van der Waals surface area contributed by atoms with Crippen LogP contribution in [0.2, 0.25) is 0 Å². The van der Waals surface area contributed by atoms with Crippen LogP contribution in [0.5, 0.6) is 0 Å². The summed E-state index contributed by atoms with van der Waals surface area (Å²) in [4.78, 5) is 0. The predicted molar refractivity (Wildman–Crippen MR) is 83.0 cm³/mol. The Morgan fingerprint density at radius 2 is 1.81 bits per heavy atom. The highest BCUT2D eigenvalue weighted by molar-refractivity contribution is 5.83. The average molecular weight is 281 g/mol. The number of aromatic nitrogens is 2. The van der Waals surface area contributed by atoms with Crippen LogP contribution < -0.4 is 5.32 Å². The Balaban J connectivity index is 1.70. The summed E-state index contributed by atoms with van der Waals surface area (Å²) < 4.78 is 5.66. The molecule has 0 fully saturated rings. The van der Waals surface area contributed by atoms with Gasteiger partial charge in [-0.25, -0.2) is 0 Å². The average Bonchev–Trinajstić information content (AvgIpc) is 2.95. The lowest BCUT2D eigenvalue weighted by Crippen LogP contribution is -2.13. The molecule has 3 rings (SSSR count). The highest BCUT2D eigenvalue weighted by atomic mass is 16.4. The van der Waals surface area contributed by atoms with E-state index in [1.807, 2.05) is 0 Å². The molecule has 0 aliphatic carbocycles. The molecular formula is C17H19N3O. The summed E-state index contributed by atoms with van der Waals surface area (Å²) in [6, 6.07) is 14.8. The van der Waals surface area contributed by atoms with Gasteiger partial charge in [-0.15, -0.1) is 10.2 Å². The van der Waals surface area contributed by atoms with Gasteiger partial charge in [0.05, 0.1) is 13.0 Å². The first-order valence-corrected chi connectivity index (χ1v) is 7.35. The molecule has 0 atom stereocenters. The standard InChI is InChI=1S/C17H19N3O/c1-2-9-18-12-17-20-19-16(21-17)11-13-7-8-14-5-3-4-6-15(14)10-13/h3-8,10,18H,2,9,11-12H2,1H3. The van der Waals surface area contributed by atoms with Crippen LogP contribution in [0.3, 0.4) is 0 Å². The van der Waals surface area contributed by atoms with Crippen LogP contribution in [0.1, 0.15) is 30.7 Å². The number of hydrogen-bond acceptors (Lipinski definition) is 4. The summed E-state index contributed by atoms with van der Waals surface area (Å²) in [6.07, 6.45) is 1.77. The summed E-state index contributed by atoms with van der Waals surface area (Å²) >= 11 is 0. The van der Waals surface area contributed by atoms with E-state index in [2.05, 4.69) is 64.9 Å². The van der Waals surface area contributed by atoms with Crippen LogP contribution >= 0.6 is 0 Å². The maximum absolute atomic E-state index is 5.66. The second kappa shape index (κ2) is 6.50. The van der Waals surface area contributed by atoms with Crippen LogP contribution in [0.15, 0.2) is 46.9 Å². The van der Waals surface area contributed by atoms with E-state index in [9.17, 15) is 0 Å². The van der Waals surface area contributed by atoms with E-state index in [0.29, 0.717) is 24.7 Å². The third-order valence-corrected chi connectivity index (χ3v) is 3.38. The van der Waals surface area contributed by atoms with Crippen molar-refractivity contribution in [3.8, 4) is 0 Å². The summed E-state index contributed by atoms with van der Waals surface area (Å²) in [5.41, 5.74) is 1.19. The number of fused-ring (bicyclic) bond motifs is 1. The number of hydrogen-bond donors (Lipinski definition) is 1. The molecule has 0 bridgehead atoms. The van der Waals surface area contributed by atoms with Crippen LogP contribution in [-0.2, 0) is 13.0 Å². The lowest BCUT2D eigenvalue weighted by atomic mass is 10.1. The van der Waals surface area contributed by atoms with E-state index in [1.54, 1.807) is 0 Å². The van der Waals surface area contributed by atoms with E-state index >= 15 is 0 Å². The van der Waals surface area contributed by atoms with E-state index in [0.717, 1.165) is 13.0 Å². The Labute approximate surface area is 124 Å². The van der Waals surface area contributed by atoms with Crippen molar-refractivity contribution in [3.05, 3.63) is 59.8 Å². The van der Waals surface area contributed by atoms with Crippen molar-refractivity contribution in [2.24, 2.45) is 0 Å². The Kier molecular flexibility index (Phi) is 4.26. The molecule has 0 spiro atoms. The van der Waals surface area contributed by atoms with E-state index in [1.165, 1.54) is 16.3 Å². The first kappa shape index (κ1) is 13.8. The molecule has 21 heavy (non-hydrogen) atoms. The van der Waals surface area contributed by atoms with Crippen molar-refractivity contribution in [2.75, 3.05) is 6.54 Å². The van der Waals surface area contributed by atoms with Crippen LogP contribution in [-0.4, -0.2) is 16.7 Å². The van der Waals surface area contributed by atoms with E-state index in [-0.39, 0.29) is 0 Å². The zero-order chi connectivity index (χ0) is 14.5. The molecule has 1 heterocycles. The summed E-state index contributed by atoms with van der Waals surface area (Å²) in [5, 5.41) is 13.9. The normalized spacial score (nSPS) is 11.1. The topological polar surface area (TPSA) is 51.0 Å². The van der Waals surface area contributed by atoms with Gasteiger partial charge in [0.15, 0.2) is 0 Å². The van der Waals surface area contributed by atoms with Crippen LogP contribution in [0, 0.1) is 0 Å². The second-order valence-corrected chi connectivity index (χ2v) is 5.12. The number of nitrogens with zero attached hydrogens (tertiary/aromatic N) is 2. The predicted octanol–water partition coefficient (Wildman–Crippen LogP) is 3.31. The summed E-state index contributed by atoms with van der Waals surface area (Å²) in [5.74, 6) is 1.32. The number of rotatable bonds is 6. The molecule has 0 saturated carbocycles. The van der Waals surface area contributed by atoms with Gasteiger partial charge in [0.1, 0.15) is 0 Å². The van der Waals surface area contributed by atoms with Crippen molar-refractivity contribution in [2.45, 2.75) is 26.3 Å². The highest BCUT2D eigenvalue weighted by Gasteiger charge is 2.07. The van der Waals surface area contributed by atoms with Gasteiger partial charge >= 0.3 is 0 Å². The highest BCUT2D eigenvalue weighted by Crippen LogP contribution is 2.17. The molecule has 1 N–H and O–H groups in total. The Bertz CT molecular complexity index is 721. The number of nitrogens with one attached hydrogen (secondary N) is 1. The molecule has 0 saturated heterocycles. The molecule has 0 radical (unpaired) electrons. The van der Waals surface area contributed by atoms with E-state index < -0.39 is 0 Å². The Morgan fingerprint density at radius 3 is 2.67 bits per heavy atom. The lowest BCUT2D eigenvalue weighted by molar-refractivity contribution is 0.439. The van der Waals surface area contributed by atoms with Gasteiger partial charge in [-0.2, -0.15) is 0 Å². The van der Waals surface area contributed by atoms with Crippen molar-refractivity contribution in [1.82, 2.24) is 15.5 Å². The maximum Gasteiger partial charge on any atom is 0.230 e. The molecule has 0 unspecified atom stereocenters. The quantitative estimate of drug-likeness (QED) is 0.704. The fourth-order valence-corrected chi connectivity index (χ4v) is 2.33. The van der Waals surface area contributed by atoms with Gasteiger partial charge in [0.25, 0.3) is 0 Å². The third kappa shape index (κ3) is 3.47. The molecule has 0 aliphatic heterocycles. The fraction of sp³-hybridized carbons (Fsp3) is 0.294. The first-order valence-electron chi connectivity index (χ1n) is 7.35. The summed E-state index contributed by atoms with van der Waals surface area (Å²) in [7, 11) is 0. The van der Waals surface area contributed by atoms with Gasteiger partial charge in [-0.1, -0.05) is 49.4 Å². The first-order chi connectivity index (χ1) is 10.3. The van der Waals surface area contributed by atoms with E-state index in [4.69, 9.17) is 4.42 Å². The molecule has 4 nitrogen and oxygen atoms in total. The van der Waals surface area contributed by atoms with Crippen LogP contribution in [0.4, 0.5) is 0 Å².